The highest BCUT2D eigenvalue weighted by atomic mass is 35.5. The lowest BCUT2D eigenvalue weighted by molar-refractivity contribution is -0.123. The topological polar surface area (TPSA) is 84.2 Å². The molecular weight excluding hydrogens is 326 g/mol. The Bertz CT molecular complexity index is 533. The number of amides is 2. The largest absolute Gasteiger partial charge is 0.354 e. The Morgan fingerprint density at radius 1 is 1.17 bits per heavy atom. The SMILES string of the molecule is Cc1ccccc1C(=O)NC(CC(C)C)C(=O)NCCC(C)N.Cl. The van der Waals surface area contributed by atoms with Crippen molar-refractivity contribution in [2.75, 3.05) is 6.54 Å². The summed E-state index contributed by atoms with van der Waals surface area (Å²) in [5, 5.41) is 5.72. The number of carbonyl (C=O) groups is 2. The van der Waals surface area contributed by atoms with Crippen molar-refractivity contribution in [1.29, 1.82) is 0 Å². The number of halogens is 1. The van der Waals surface area contributed by atoms with Gasteiger partial charge in [-0.1, -0.05) is 32.0 Å². The summed E-state index contributed by atoms with van der Waals surface area (Å²) in [5.74, 6) is -0.0614. The third-order valence-corrected chi connectivity index (χ3v) is 3.62. The van der Waals surface area contributed by atoms with Crippen molar-refractivity contribution in [3.63, 3.8) is 0 Å². The first kappa shape index (κ1) is 22.4. The lowest BCUT2D eigenvalue weighted by atomic mass is 10.0. The van der Waals surface area contributed by atoms with Gasteiger partial charge in [0.15, 0.2) is 0 Å². The number of nitrogens with one attached hydrogen (secondary N) is 2. The molecule has 4 N–H and O–H groups in total. The smallest absolute Gasteiger partial charge is 0.252 e. The zero-order chi connectivity index (χ0) is 17.4. The van der Waals surface area contributed by atoms with Crippen LogP contribution in [0.25, 0.3) is 0 Å². The Balaban J connectivity index is 0.00000529. The molecule has 0 aliphatic carbocycles. The van der Waals surface area contributed by atoms with Crippen molar-refractivity contribution >= 4 is 24.2 Å². The second-order valence-corrected chi connectivity index (χ2v) is 6.53. The molecule has 0 saturated carbocycles. The van der Waals surface area contributed by atoms with Gasteiger partial charge in [-0.05, 0) is 44.2 Å². The van der Waals surface area contributed by atoms with E-state index >= 15 is 0 Å². The number of rotatable bonds is 8. The van der Waals surface area contributed by atoms with E-state index in [0.29, 0.717) is 30.9 Å². The van der Waals surface area contributed by atoms with Crippen molar-refractivity contribution in [1.82, 2.24) is 10.6 Å². The highest BCUT2D eigenvalue weighted by molar-refractivity contribution is 5.98. The van der Waals surface area contributed by atoms with Crippen LogP contribution in [0.15, 0.2) is 24.3 Å². The van der Waals surface area contributed by atoms with Gasteiger partial charge >= 0.3 is 0 Å². The first-order valence-corrected chi connectivity index (χ1v) is 8.21. The molecule has 2 amide bonds. The predicted molar refractivity (Wildman–Crippen MR) is 100 cm³/mol. The quantitative estimate of drug-likeness (QED) is 0.669. The molecule has 0 fully saturated rings. The van der Waals surface area contributed by atoms with Crippen LogP contribution in [0.2, 0.25) is 0 Å². The number of nitrogens with two attached hydrogens (primary N) is 1. The molecule has 24 heavy (non-hydrogen) atoms. The summed E-state index contributed by atoms with van der Waals surface area (Å²) in [6.45, 7) is 8.36. The van der Waals surface area contributed by atoms with Crippen LogP contribution >= 0.6 is 12.4 Å². The molecule has 2 atom stereocenters. The minimum Gasteiger partial charge on any atom is -0.354 e. The summed E-state index contributed by atoms with van der Waals surface area (Å²) < 4.78 is 0. The molecule has 136 valence electrons. The van der Waals surface area contributed by atoms with Crippen LogP contribution < -0.4 is 16.4 Å². The van der Waals surface area contributed by atoms with Crippen molar-refractivity contribution in [2.45, 2.75) is 52.6 Å². The number of benzene rings is 1. The van der Waals surface area contributed by atoms with Crippen molar-refractivity contribution in [2.24, 2.45) is 11.7 Å². The average molecular weight is 356 g/mol. The Labute approximate surface area is 151 Å². The van der Waals surface area contributed by atoms with Gasteiger partial charge in [0.2, 0.25) is 5.91 Å². The highest BCUT2D eigenvalue weighted by Gasteiger charge is 2.22. The van der Waals surface area contributed by atoms with Gasteiger partial charge in [-0.25, -0.2) is 0 Å². The third kappa shape index (κ3) is 7.79. The second kappa shape index (κ2) is 11.0. The molecular formula is C18H30ClN3O2. The average Bonchev–Trinajstić information content (AvgIpc) is 2.45. The van der Waals surface area contributed by atoms with Gasteiger partial charge in [0.25, 0.3) is 5.91 Å². The van der Waals surface area contributed by atoms with Gasteiger partial charge in [-0.3, -0.25) is 9.59 Å². The van der Waals surface area contributed by atoms with E-state index < -0.39 is 6.04 Å². The molecule has 0 aromatic heterocycles. The van der Waals surface area contributed by atoms with E-state index in [4.69, 9.17) is 5.73 Å². The molecule has 2 unspecified atom stereocenters. The summed E-state index contributed by atoms with van der Waals surface area (Å²) in [6, 6.07) is 6.87. The second-order valence-electron chi connectivity index (χ2n) is 6.53. The van der Waals surface area contributed by atoms with Gasteiger partial charge in [-0.15, -0.1) is 12.4 Å². The number of hydrogen-bond acceptors (Lipinski definition) is 3. The van der Waals surface area contributed by atoms with Gasteiger partial charge < -0.3 is 16.4 Å². The lowest BCUT2D eigenvalue weighted by Gasteiger charge is -2.21. The zero-order valence-electron chi connectivity index (χ0n) is 15.0. The molecule has 0 aliphatic heterocycles. The van der Waals surface area contributed by atoms with Crippen LogP contribution in [-0.2, 0) is 4.79 Å². The summed E-state index contributed by atoms with van der Waals surface area (Å²) in [5.41, 5.74) is 7.18. The van der Waals surface area contributed by atoms with E-state index in [1.54, 1.807) is 6.07 Å². The maximum Gasteiger partial charge on any atom is 0.252 e. The first-order valence-electron chi connectivity index (χ1n) is 8.21. The summed E-state index contributed by atoms with van der Waals surface area (Å²) >= 11 is 0. The fourth-order valence-electron chi connectivity index (χ4n) is 2.31. The van der Waals surface area contributed by atoms with E-state index in [-0.39, 0.29) is 30.3 Å². The maximum atomic E-state index is 12.4. The molecule has 0 heterocycles. The fraction of sp³-hybridized carbons (Fsp3) is 0.556. The molecule has 5 nitrogen and oxygen atoms in total. The van der Waals surface area contributed by atoms with Crippen LogP contribution in [-0.4, -0.2) is 30.4 Å². The highest BCUT2D eigenvalue weighted by Crippen LogP contribution is 2.10. The van der Waals surface area contributed by atoms with E-state index in [0.717, 1.165) is 5.56 Å². The Morgan fingerprint density at radius 2 is 1.79 bits per heavy atom. The summed E-state index contributed by atoms with van der Waals surface area (Å²) in [7, 11) is 0. The van der Waals surface area contributed by atoms with Gasteiger partial charge in [0.1, 0.15) is 6.04 Å². The molecule has 0 radical (unpaired) electrons. The lowest BCUT2D eigenvalue weighted by Crippen LogP contribution is -2.48. The molecule has 6 heteroatoms. The molecule has 0 saturated heterocycles. The van der Waals surface area contributed by atoms with E-state index in [1.165, 1.54) is 0 Å². The Hall–Kier alpha value is -1.59. The summed E-state index contributed by atoms with van der Waals surface area (Å²) in [4.78, 5) is 24.8. The molecule has 0 spiro atoms. The summed E-state index contributed by atoms with van der Waals surface area (Å²) in [6.07, 6.45) is 1.31. The van der Waals surface area contributed by atoms with E-state index in [1.807, 2.05) is 45.9 Å². The van der Waals surface area contributed by atoms with Crippen LogP contribution in [0.5, 0.6) is 0 Å². The standard InChI is InChI=1S/C18H29N3O2.ClH/c1-12(2)11-16(18(23)20-10-9-14(4)19)21-17(22)15-8-6-5-7-13(15)3;/h5-8,12,14,16H,9-11,19H2,1-4H3,(H,20,23)(H,21,22);1H. The predicted octanol–water partition coefficient (Wildman–Crippen LogP) is 2.41. The van der Waals surface area contributed by atoms with Crippen LogP contribution in [0, 0.1) is 12.8 Å². The third-order valence-electron chi connectivity index (χ3n) is 3.62. The minimum absolute atomic E-state index is 0. The monoisotopic (exact) mass is 355 g/mol. The Kier molecular flexibility index (Phi) is 10.3. The number of aryl methyl sites for hydroxylation is 1. The first-order chi connectivity index (χ1) is 10.8. The maximum absolute atomic E-state index is 12.4. The Morgan fingerprint density at radius 3 is 2.33 bits per heavy atom. The van der Waals surface area contributed by atoms with E-state index in [9.17, 15) is 9.59 Å². The van der Waals surface area contributed by atoms with Crippen LogP contribution in [0.1, 0.15) is 49.5 Å². The molecule has 1 rings (SSSR count). The normalized spacial score (nSPS) is 12.9. The fourth-order valence-corrected chi connectivity index (χ4v) is 2.31. The zero-order valence-corrected chi connectivity index (χ0v) is 15.8. The van der Waals surface area contributed by atoms with Crippen LogP contribution in [0.4, 0.5) is 0 Å². The molecule has 1 aromatic carbocycles. The molecule has 0 bridgehead atoms. The minimum atomic E-state index is -0.532. The van der Waals surface area contributed by atoms with E-state index in [2.05, 4.69) is 10.6 Å². The van der Waals surface area contributed by atoms with Gasteiger partial charge in [0, 0.05) is 18.2 Å². The van der Waals surface area contributed by atoms with Crippen molar-refractivity contribution in [3.8, 4) is 0 Å². The van der Waals surface area contributed by atoms with Crippen molar-refractivity contribution < 1.29 is 9.59 Å². The van der Waals surface area contributed by atoms with Gasteiger partial charge in [0.05, 0.1) is 0 Å². The number of hydrogen-bond donors (Lipinski definition) is 3. The van der Waals surface area contributed by atoms with Gasteiger partial charge in [-0.2, -0.15) is 0 Å². The van der Waals surface area contributed by atoms with Crippen molar-refractivity contribution in [3.05, 3.63) is 35.4 Å². The molecule has 1 aromatic rings. The number of carbonyl (C=O) groups excluding carboxylic acids is 2. The van der Waals surface area contributed by atoms with Crippen LogP contribution in [0.3, 0.4) is 0 Å². The molecule has 0 aliphatic rings.